The zero-order valence-corrected chi connectivity index (χ0v) is 7.53. The van der Waals surface area contributed by atoms with Gasteiger partial charge >= 0.3 is 5.97 Å². The predicted molar refractivity (Wildman–Crippen MR) is 52.8 cm³/mol. The van der Waals surface area contributed by atoms with E-state index in [0.717, 1.165) is 0 Å². The molecule has 5 nitrogen and oxygen atoms in total. The predicted octanol–water partition coefficient (Wildman–Crippen LogP) is 1.06. The van der Waals surface area contributed by atoms with Crippen LogP contribution in [-0.2, 0) is 6.61 Å². The first-order valence-electron chi connectivity index (χ1n) is 5.15. The molecule has 78 valence electrons. The molecule has 0 aliphatic rings. The lowest BCUT2D eigenvalue weighted by Crippen LogP contribution is -1.94. The van der Waals surface area contributed by atoms with E-state index in [1.165, 1.54) is 6.07 Å². The van der Waals surface area contributed by atoms with E-state index in [2.05, 4.69) is 4.98 Å². The minimum atomic E-state index is -1.22. The molecular weight excluding hydrogens is 198 g/mol. The molecule has 15 heavy (non-hydrogen) atoms. The first kappa shape index (κ1) is 7.30. The maximum Gasteiger partial charge on any atom is 0.352 e. The zero-order chi connectivity index (χ0) is 12.7. The second-order valence-corrected chi connectivity index (χ2v) is 3.01. The van der Waals surface area contributed by atoms with E-state index < -0.39 is 18.3 Å². The molecular formula is C10H9NO4. The molecule has 0 unspecified atom stereocenters. The molecule has 0 spiro atoms. The molecule has 0 fully saturated rings. The van der Waals surface area contributed by atoms with Gasteiger partial charge in [0.25, 0.3) is 0 Å². The van der Waals surface area contributed by atoms with Crippen molar-refractivity contribution in [3.05, 3.63) is 29.4 Å². The fourth-order valence-electron chi connectivity index (χ4n) is 1.29. The van der Waals surface area contributed by atoms with Gasteiger partial charge in [-0.05, 0) is 18.2 Å². The first-order chi connectivity index (χ1) is 7.97. The minimum Gasteiger partial charge on any atom is -0.508 e. The summed E-state index contributed by atoms with van der Waals surface area (Å²) in [6.07, 6.45) is 0. The SMILES string of the molecule is [2H]c1c(O)c(CO)c([2H])c2[nH]c(C(=O)O)cc12. The molecule has 0 aliphatic heterocycles. The van der Waals surface area contributed by atoms with Gasteiger partial charge in [0.05, 0.1) is 9.35 Å². The van der Waals surface area contributed by atoms with Crippen LogP contribution in [0.5, 0.6) is 5.75 Å². The molecule has 0 radical (unpaired) electrons. The number of rotatable bonds is 2. The van der Waals surface area contributed by atoms with Gasteiger partial charge in [0, 0.05) is 16.5 Å². The summed E-state index contributed by atoms with van der Waals surface area (Å²) in [5.41, 5.74) is -0.146. The Labute approximate surface area is 87.4 Å². The molecule has 2 aromatic rings. The number of carbonyl (C=O) groups is 1. The van der Waals surface area contributed by atoms with Crippen LogP contribution < -0.4 is 0 Å². The lowest BCUT2D eigenvalue weighted by molar-refractivity contribution is 0.0691. The number of aromatic carboxylic acids is 1. The van der Waals surface area contributed by atoms with E-state index in [-0.39, 0.29) is 34.2 Å². The van der Waals surface area contributed by atoms with E-state index in [9.17, 15) is 9.90 Å². The highest BCUT2D eigenvalue weighted by atomic mass is 16.4. The Morgan fingerprint density at radius 1 is 1.53 bits per heavy atom. The number of aliphatic hydroxyl groups is 1. The Hall–Kier alpha value is -2.01. The fourth-order valence-corrected chi connectivity index (χ4v) is 1.29. The van der Waals surface area contributed by atoms with Gasteiger partial charge in [-0.2, -0.15) is 0 Å². The fraction of sp³-hybridized carbons (Fsp3) is 0.100. The van der Waals surface area contributed by atoms with E-state index in [4.69, 9.17) is 13.0 Å². The van der Waals surface area contributed by atoms with Crippen molar-refractivity contribution in [2.75, 3.05) is 0 Å². The van der Waals surface area contributed by atoms with E-state index in [1.54, 1.807) is 0 Å². The molecule has 1 aromatic heterocycles. The monoisotopic (exact) mass is 209 g/mol. The van der Waals surface area contributed by atoms with Crippen molar-refractivity contribution < 1.29 is 22.9 Å². The second-order valence-electron chi connectivity index (χ2n) is 3.01. The summed E-state index contributed by atoms with van der Waals surface area (Å²) in [4.78, 5) is 13.2. The Morgan fingerprint density at radius 3 is 2.87 bits per heavy atom. The molecule has 0 bridgehead atoms. The number of nitrogens with one attached hydrogen (secondary N) is 1. The van der Waals surface area contributed by atoms with Crippen molar-refractivity contribution in [2.45, 2.75) is 6.61 Å². The van der Waals surface area contributed by atoms with Crippen LogP contribution >= 0.6 is 0 Å². The molecule has 5 heteroatoms. The Morgan fingerprint density at radius 2 is 2.27 bits per heavy atom. The lowest BCUT2D eigenvalue weighted by Gasteiger charge is -2.00. The average molecular weight is 209 g/mol. The van der Waals surface area contributed by atoms with Crippen LogP contribution in [0, 0.1) is 0 Å². The molecule has 0 saturated carbocycles. The molecule has 0 atom stereocenters. The Bertz CT molecular complexity index is 621. The average Bonchev–Trinajstić information content (AvgIpc) is 2.72. The van der Waals surface area contributed by atoms with Crippen molar-refractivity contribution in [1.82, 2.24) is 4.98 Å². The Balaban J connectivity index is 2.89. The van der Waals surface area contributed by atoms with Gasteiger partial charge in [-0.3, -0.25) is 0 Å². The first-order valence-corrected chi connectivity index (χ1v) is 4.15. The number of benzene rings is 1. The molecule has 0 aliphatic carbocycles. The summed E-state index contributed by atoms with van der Waals surface area (Å²) in [7, 11) is 0. The van der Waals surface area contributed by atoms with Gasteiger partial charge in [-0.25, -0.2) is 4.79 Å². The van der Waals surface area contributed by atoms with Crippen LogP contribution in [-0.4, -0.2) is 26.3 Å². The summed E-state index contributed by atoms with van der Waals surface area (Å²) in [5.74, 6) is -1.72. The third-order valence-electron chi connectivity index (χ3n) is 2.02. The van der Waals surface area contributed by atoms with E-state index in [0.29, 0.717) is 0 Å². The van der Waals surface area contributed by atoms with Gasteiger partial charge in [0.2, 0.25) is 0 Å². The van der Waals surface area contributed by atoms with Crippen LogP contribution in [0.15, 0.2) is 18.2 Å². The highest BCUT2D eigenvalue weighted by Gasteiger charge is 2.09. The normalized spacial score (nSPS) is 12.6. The van der Waals surface area contributed by atoms with Crippen molar-refractivity contribution in [2.24, 2.45) is 0 Å². The largest absolute Gasteiger partial charge is 0.508 e. The highest BCUT2D eigenvalue weighted by molar-refractivity contribution is 5.94. The Kier molecular flexibility index (Phi) is 1.60. The number of phenols is 1. The van der Waals surface area contributed by atoms with Crippen LogP contribution in [0.25, 0.3) is 10.9 Å². The summed E-state index contributed by atoms with van der Waals surface area (Å²) in [5, 5.41) is 27.5. The lowest BCUT2D eigenvalue weighted by atomic mass is 10.1. The maximum absolute atomic E-state index is 10.8. The quantitative estimate of drug-likeness (QED) is 0.595. The number of aromatic nitrogens is 1. The van der Waals surface area contributed by atoms with Crippen LogP contribution in [0.1, 0.15) is 18.8 Å². The summed E-state index contributed by atoms with van der Waals surface area (Å²) < 4.78 is 15.3. The molecule has 1 aromatic carbocycles. The van der Waals surface area contributed by atoms with Crippen molar-refractivity contribution in [3.63, 3.8) is 0 Å². The van der Waals surface area contributed by atoms with Crippen LogP contribution in [0.4, 0.5) is 0 Å². The number of H-pyrrole nitrogens is 1. The standard InChI is InChI=1S/C10H9NO4/c12-4-6-2-7-5(3-9(6)13)1-8(11-7)10(14)15/h1-3,11-13H,4H2,(H,14,15)/i2D,3D. The second kappa shape index (κ2) is 3.29. The molecule has 0 saturated heterocycles. The number of carboxylic acid groups (broad SMARTS) is 1. The third kappa shape index (κ3) is 1.53. The number of hydrogen-bond acceptors (Lipinski definition) is 3. The third-order valence-corrected chi connectivity index (χ3v) is 2.02. The summed E-state index contributed by atoms with van der Waals surface area (Å²) in [6.45, 7) is -0.589. The molecule has 1 heterocycles. The van der Waals surface area contributed by atoms with Crippen LogP contribution in [0.2, 0.25) is 0 Å². The number of aromatic amines is 1. The minimum absolute atomic E-state index is 0.0960. The molecule has 4 N–H and O–H groups in total. The van der Waals surface area contributed by atoms with Gasteiger partial charge in [-0.15, -0.1) is 0 Å². The van der Waals surface area contributed by atoms with Gasteiger partial charge in [0.15, 0.2) is 0 Å². The van der Waals surface area contributed by atoms with Gasteiger partial charge in [0.1, 0.15) is 11.4 Å². The maximum atomic E-state index is 10.8. The number of hydrogen-bond donors (Lipinski definition) is 4. The van der Waals surface area contributed by atoms with Crippen molar-refractivity contribution in [3.8, 4) is 5.75 Å². The summed E-state index contributed by atoms with van der Waals surface area (Å²) >= 11 is 0. The van der Waals surface area contributed by atoms with Crippen molar-refractivity contribution in [1.29, 1.82) is 0 Å². The number of aromatic hydroxyl groups is 1. The summed E-state index contributed by atoms with van der Waals surface area (Å²) in [6, 6.07) is 0.672. The smallest absolute Gasteiger partial charge is 0.352 e. The van der Waals surface area contributed by atoms with E-state index in [1.807, 2.05) is 0 Å². The highest BCUT2D eigenvalue weighted by Crippen LogP contribution is 2.25. The van der Waals surface area contributed by atoms with E-state index >= 15 is 0 Å². The van der Waals surface area contributed by atoms with Crippen molar-refractivity contribution >= 4 is 16.9 Å². The van der Waals surface area contributed by atoms with Gasteiger partial charge in [-0.1, -0.05) is 0 Å². The number of carboxylic acids is 1. The van der Waals surface area contributed by atoms with Crippen LogP contribution in [0.3, 0.4) is 0 Å². The zero-order valence-electron chi connectivity index (χ0n) is 9.53. The topological polar surface area (TPSA) is 93.5 Å². The number of aliphatic hydroxyl groups excluding tert-OH is 1. The molecule has 2 rings (SSSR count). The molecule has 0 amide bonds. The van der Waals surface area contributed by atoms with Gasteiger partial charge < -0.3 is 20.3 Å². The number of fused-ring (bicyclic) bond motifs is 1.